The third-order valence-electron chi connectivity index (χ3n) is 2.47. The van der Waals surface area contributed by atoms with E-state index in [-0.39, 0.29) is 5.82 Å². The van der Waals surface area contributed by atoms with E-state index in [1.54, 1.807) is 24.3 Å². The minimum atomic E-state index is -0.196. The van der Waals surface area contributed by atoms with Crippen molar-refractivity contribution < 1.29 is 4.39 Å². The van der Waals surface area contributed by atoms with Gasteiger partial charge in [0.15, 0.2) is 0 Å². The molecule has 0 aliphatic carbocycles. The second-order valence-corrected chi connectivity index (χ2v) is 4.26. The monoisotopic (exact) mass is 265 g/mol. The third kappa shape index (κ3) is 3.34. The molecule has 0 aliphatic heterocycles. The third-order valence-corrected chi connectivity index (χ3v) is 2.67. The van der Waals surface area contributed by atoms with Gasteiger partial charge in [-0.3, -0.25) is 0 Å². The number of nitrogens with two attached hydrogens (primary N) is 1. The van der Waals surface area contributed by atoms with E-state index in [1.807, 2.05) is 6.07 Å². The first-order valence-corrected chi connectivity index (χ1v) is 5.93. The summed E-state index contributed by atoms with van der Waals surface area (Å²) in [5.74, 6) is 0.397. The summed E-state index contributed by atoms with van der Waals surface area (Å²) in [5.41, 5.74) is 6.85. The number of anilines is 2. The van der Waals surface area contributed by atoms with Gasteiger partial charge >= 0.3 is 0 Å². The van der Waals surface area contributed by atoms with Crippen LogP contribution in [0.25, 0.3) is 0 Å². The van der Waals surface area contributed by atoms with Crippen molar-refractivity contribution in [3.05, 3.63) is 52.9 Å². The Morgan fingerprint density at radius 1 is 1.28 bits per heavy atom. The lowest BCUT2D eigenvalue weighted by molar-refractivity contribution is 0.610. The molecule has 0 saturated carbocycles. The van der Waals surface area contributed by atoms with Crippen LogP contribution in [0.1, 0.15) is 5.56 Å². The molecule has 5 heteroatoms. The highest BCUT2D eigenvalue weighted by Gasteiger charge is 2.02. The number of pyridine rings is 1. The van der Waals surface area contributed by atoms with Gasteiger partial charge in [0.1, 0.15) is 16.8 Å². The van der Waals surface area contributed by atoms with E-state index in [1.165, 1.54) is 6.07 Å². The fraction of sp³-hybridized carbons (Fsp3) is 0.154. The molecule has 1 aromatic carbocycles. The van der Waals surface area contributed by atoms with E-state index >= 15 is 0 Å². The lowest BCUT2D eigenvalue weighted by atomic mass is 10.1. The smallest absolute Gasteiger partial charge is 0.133 e. The van der Waals surface area contributed by atoms with Crippen molar-refractivity contribution in [3.63, 3.8) is 0 Å². The molecule has 3 nitrogen and oxygen atoms in total. The summed E-state index contributed by atoms with van der Waals surface area (Å²) < 4.78 is 13.4. The van der Waals surface area contributed by atoms with Gasteiger partial charge in [-0.25, -0.2) is 9.37 Å². The number of benzene rings is 1. The van der Waals surface area contributed by atoms with Crippen molar-refractivity contribution >= 4 is 23.1 Å². The van der Waals surface area contributed by atoms with E-state index in [0.29, 0.717) is 35.2 Å². The molecular weight excluding hydrogens is 253 g/mol. The number of hydrogen-bond donors (Lipinski definition) is 2. The molecule has 0 fully saturated rings. The van der Waals surface area contributed by atoms with Gasteiger partial charge in [0.25, 0.3) is 0 Å². The van der Waals surface area contributed by atoms with Gasteiger partial charge in [0.2, 0.25) is 0 Å². The Balaban J connectivity index is 1.94. The van der Waals surface area contributed by atoms with Crippen LogP contribution in [-0.4, -0.2) is 11.5 Å². The number of hydrogen-bond acceptors (Lipinski definition) is 3. The fourth-order valence-corrected chi connectivity index (χ4v) is 1.85. The fourth-order valence-electron chi connectivity index (χ4n) is 1.63. The molecule has 0 bridgehead atoms. The number of halogens is 2. The molecule has 2 rings (SSSR count). The van der Waals surface area contributed by atoms with Crippen molar-refractivity contribution in [1.82, 2.24) is 4.98 Å². The molecule has 1 aromatic heterocycles. The van der Waals surface area contributed by atoms with Gasteiger partial charge in [0, 0.05) is 18.3 Å². The molecule has 0 aliphatic rings. The molecule has 18 heavy (non-hydrogen) atoms. The Labute approximate surface area is 110 Å². The van der Waals surface area contributed by atoms with Crippen LogP contribution in [0.2, 0.25) is 5.15 Å². The van der Waals surface area contributed by atoms with Crippen LogP contribution in [0.15, 0.2) is 36.4 Å². The molecule has 1 heterocycles. The van der Waals surface area contributed by atoms with E-state index in [0.717, 1.165) is 0 Å². The molecule has 0 saturated heterocycles. The summed E-state index contributed by atoms with van der Waals surface area (Å²) in [7, 11) is 0. The summed E-state index contributed by atoms with van der Waals surface area (Å²) in [6, 6.07) is 9.96. The molecule has 94 valence electrons. The van der Waals surface area contributed by atoms with Crippen molar-refractivity contribution in [3.8, 4) is 0 Å². The van der Waals surface area contributed by atoms with Crippen LogP contribution in [0.5, 0.6) is 0 Å². The Hall–Kier alpha value is -1.81. The quantitative estimate of drug-likeness (QED) is 0.835. The molecule has 0 radical (unpaired) electrons. The highest BCUT2D eigenvalue weighted by atomic mass is 35.5. The summed E-state index contributed by atoms with van der Waals surface area (Å²) in [6.45, 7) is 0.563. The van der Waals surface area contributed by atoms with E-state index in [4.69, 9.17) is 17.3 Å². The van der Waals surface area contributed by atoms with Crippen LogP contribution >= 0.6 is 11.6 Å². The maximum Gasteiger partial charge on any atom is 0.133 e. The Morgan fingerprint density at radius 3 is 2.78 bits per heavy atom. The predicted molar refractivity (Wildman–Crippen MR) is 72.3 cm³/mol. The molecular formula is C13H13ClFN3. The molecule has 3 N–H and O–H groups in total. The van der Waals surface area contributed by atoms with Crippen molar-refractivity contribution in [2.24, 2.45) is 0 Å². The van der Waals surface area contributed by atoms with E-state index in [9.17, 15) is 4.39 Å². The first-order valence-electron chi connectivity index (χ1n) is 5.55. The number of nitrogens with zero attached hydrogens (tertiary/aromatic N) is 1. The van der Waals surface area contributed by atoms with Crippen LogP contribution in [-0.2, 0) is 6.42 Å². The van der Waals surface area contributed by atoms with Crippen molar-refractivity contribution in [2.75, 3.05) is 17.6 Å². The van der Waals surface area contributed by atoms with Gasteiger partial charge in [-0.15, -0.1) is 0 Å². The lowest BCUT2D eigenvalue weighted by Crippen LogP contribution is -2.07. The highest BCUT2D eigenvalue weighted by molar-refractivity contribution is 6.29. The van der Waals surface area contributed by atoms with E-state index < -0.39 is 0 Å². The molecule has 2 aromatic rings. The maximum atomic E-state index is 13.4. The zero-order valence-corrected chi connectivity index (χ0v) is 10.4. The number of nitrogens with one attached hydrogen (secondary N) is 1. The molecule has 0 atom stereocenters. The van der Waals surface area contributed by atoms with Crippen molar-refractivity contribution in [2.45, 2.75) is 6.42 Å². The zero-order valence-electron chi connectivity index (χ0n) is 9.66. The van der Waals surface area contributed by atoms with Crippen molar-refractivity contribution in [1.29, 1.82) is 0 Å². The molecule has 0 unspecified atom stereocenters. The van der Waals surface area contributed by atoms with Crippen LogP contribution in [0.3, 0.4) is 0 Å². The normalized spacial score (nSPS) is 10.3. The second kappa shape index (κ2) is 5.69. The highest BCUT2D eigenvalue weighted by Crippen LogP contribution is 2.16. The predicted octanol–water partition coefficient (Wildman–Crippen LogP) is 3.11. The van der Waals surface area contributed by atoms with Gasteiger partial charge in [-0.05, 0) is 24.1 Å². The summed E-state index contributed by atoms with van der Waals surface area (Å²) >= 11 is 5.78. The standard InChI is InChI=1S/C13H13ClFN3/c14-12-7-10(16)8-13(18-12)17-6-5-9-3-1-2-4-11(9)15/h1-4,7-8H,5-6H2,(H3,16,17,18). The number of aromatic nitrogens is 1. The molecule has 0 spiro atoms. The number of rotatable bonds is 4. The lowest BCUT2D eigenvalue weighted by Gasteiger charge is -2.07. The summed E-state index contributed by atoms with van der Waals surface area (Å²) in [4.78, 5) is 4.07. The minimum absolute atomic E-state index is 0.196. The Morgan fingerprint density at radius 2 is 2.06 bits per heavy atom. The first-order chi connectivity index (χ1) is 8.65. The minimum Gasteiger partial charge on any atom is -0.399 e. The Kier molecular flexibility index (Phi) is 3.99. The largest absolute Gasteiger partial charge is 0.399 e. The average molecular weight is 266 g/mol. The van der Waals surface area contributed by atoms with Gasteiger partial charge in [-0.1, -0.05) is 29.8 Å². The topological polar surface area (TPSA) is 50.9 Å². The van der Waals surface area contributed by atoms with Gasteiger partial charge in [-0.2, -0.15) is 0 Å². The summed E-state index contributed by atoms with van der Waals surface area (Å²) in [6.07, 6.45) is 0.570. The number of nitrogen functional groups attached to an aromatic ring is 1. The molecule has 0 amide bonds. The van der Waals surface area contributed by atoms with Crippen LogP contribution < -0.4 is 11.1 Å². The van der Waals surface area contributed by atoms with Gasteiger partial charge in [0.05, 0.1) is 0 Å². The van der Waals surface area contributed by atoms with Gasteiger partial charge < -0.3 is 11.1 Å². The average Bonchev–Trinajstić information content (AvgIpc) is 2.30. The van der Waals surface area contributed by atoms with Crippen LogP contribution in [0.4, 0.5) is 15.9 Å². The maximum absolute atomic E-state index is 13.4. The zero-order chi connectivity index (χ0) is 13.0. The second-order valence-electron chi connectivity index (χ2n) is 3.88. The summed E-state index contributed by atoms with van der Waals surface area (Å²) in [5, 5.41) is 3.40. The van der Waals surface area contributed by atoms with Crippen LogP contribution in [0, 0.1) is 5.82 Å². The first kappa shape index (κ1) is 12.6. The Bertz CT molecular complexity index is 525. The SMILES string of the molecule is Nc1cc(Cl)nc(NCCc2ccccc2F)c1. The van der Waals surface area contributed by atoms with E-state index in [2.05, 4.69) is 10.3 Å².